The molecule has 1 heterocycles. The second kappa shape index (κ2) is 10.7. The number of likely N-dealkylation sites (N-methyl/N-ethyl adjacent to an activating group) is 1. The fraction of sp³-hybridized carbons (Fsp3) is 0.579. The van der Waals surface area contributed by atoms with Crippen LogP contribution in [0.3, 0.4) is 0 Å². The molecule has 1 atom stereocenters. The van der Waals surface area contributed by atoms with Crippen LogP contribution in [-0.4, -0.2) is 79.5 Å². The molecule has 0 aromatic heterocycles. The number of aliphatic carboxylic acids is 1. The second-order valence-corrected chi connectivity index (χ2v) is 6.66. The number of amides is 2. The monoisotopic (exact) mass is 379 g/mol. The maximum atomic E-state index is 12.7. The summed E-state index contributed by atoms with van der Waals surface area (Å²) in [7, 11) is 1.72. The Morgan fingerprint density at radius 3 is 2.93 bits per heavy atom. The van der Waals surface area contributed by atoms with Gasteiger partial charge in [-0.25, -0.2) is 4.79 Å². The number of hydrogen-bond donors (Lipinski definition) is 2. The van der Waals surface area contributed by atoms with Gasteiger partial charge in [-0.15, -0.1) is 0 Å². The summed E-state index contributed by atoms with van der Waals surface area (Å²) in [5.41, 5.74) is 0.643. The Balaban J connectivity index is 1.91. The van der Waals surface area contributed by atoms with E-state index in [0.717, 1.165) is 12.8 Å². The summed E-state index contributed by atoms with van der Waals surface area (Å²) in [6.07, 6.45) is 1.78. The van der Waals surface area contributed by atoms with E-state index in [2.05, 4.69) is 12.2 Å². The Kier molecular flexibility index (Phi) is 8.35. The summed E-state index contributed by atoms with van der Waals surface area (Å²) in [6.45, 7) is 4.42. The van der Waals surface area contributed by atoms with Gasteiger partial charge in [0.1, 0.15) is 5.75 Å². The minimum Gasteiger partial charge on any atom is -0.491 e. The number of rotatable bonds is 9. The quantitative estimate of drug-likeness (QED) is 0.639. The summed E-state index contributed by atoms with van der Waals surface area (Å²) in [5, 5.41) is 11.8. The number of benzene rings is 1. The van der Waals surface area contributed by atoms with Crippen molar-refractivity contribution in [1.82, 2.24) is 9.80 Å². The molecule has 1 aromatic carbocycles. The van der Waals surface area contributed by atoms with Gasteiger partial charge in [-0.3, -0.25) is 9.69 Å². The Labute approximate surface area is 160 Å². The molecule has 150 valence electrons. The number of carbonyl (C=O) groups is 2. The van der Waals surface area contributed by atoms with Gasteiger partial charge >= 0.3 is 12.0 Å². The summed E-state index contributed by atoms with van der Waals surface area (Å²) in [5.74, 6) is -0.229. The first kappa shape index (κ1) is 21.0. The number of carboxylic acid groups (broad SMARTS) is 1. The van der Waals surface area contributed by atoms with Crippen molar-refractivity contribution in [2.45, 2.75) is 25.9 Å². The lowest BCUT2D eigenvalue weighted by atomic mass is 10.2. The summed E-state index contributed by atoms with van der Waals surface area (Å²) in [6, 6.07) is 7.17. The van der Waals surface area contributed by atoms with Crippen molar-refractivity contribution in [3.05, 3.63) is 24.3 Å². The predicted molar refractivity (Wildman–Crippen MR) is 102 cm³/mol. The molecule has 0 bridgehead atoms. The lowest BCUT2D eigenvalue weighted by Crippen LogP contribution is -2.50. The fourth-order valence-electron chi connectivity index (χ4n) is 2.87. The van der Waals surface area contributed by atoms with Crippen LogP contribution < -0.4 is 10.1 Å². The topological polar surface area (TPSA) is 91.3 Å². The van der Waals surface area contributed by atoms with Crippen LogP contribution in [0.25, 0.3) is 0 Å². The SMILES string of the molecule is CCCCOc1ccccc1NC(=O)N1CCOC(CN(C)CC(=O)O)C1. The number of urea groups is 1. The van der Waals surface area contributed by atoms with Crippen molar-refractivity contribution < 1.29 is 24.2 Å². The van der Waals surface area contributed by atoms with Gasteiger partial charge in [0.2, 0.25) is 0 Å². The number of nitrogens with one attached hydrogen (secondary N) is 1. The number of morpholine rings is 1. The normalized spacial score (nSPS) is 17.0. The lowest BCUT2D eigenvalue weighted by molar-refractivity contribution is -0.138. The first-order valence-electron chi connectivity index (χ1n) is 9.29. The Hall–Kier alpha value is -2.32. The third kappa shape index (κ3) is 7.07. The minimum absolute atomic E-state index is 0.0610. The van der Waals surface area contributed by atoms with E-state index in [1.54, 1.807) is 16.8 Å². The zero-order chi connectivity index (χ0) is 19.6. The molecule has 1 aliphatic heterocycles. The van der Waals surface area contributed by atoms with Crippen molar-refractivity contribution in [3.8, 4) is 5.75 Å². The van der Waals surface area contributed by atoms with E-state index in [-0.39, 0.29) is 18.7 Å². The van der Waals surface area contributed by atoms with Gasteiger partial charge in [0, 0.05) is 19.6 Å². The molecule has 2 amide bonds. The molecule has 0 aliphatic carbocycles. The molecular weight excluding hydrogens is 350 g/mol. The lowest BCUT2D eigenvalue weighted by Gasteiger charge is -2.34. The maximum absolute atomic E-state index is 12.7. The number of hydrogen-bond acceptors (Lipinski definition) is 5. The average molecular weight is 379 g/mol. The molecule has 1 aliphatic rings. The Bertz CT molecular complexity index is 625. The molecule has 8 heteroatoms. The highest BCUT2D eigenvalue weighted by atomic mass is 16.5. The van der Waals surface area contributed by atoms with Gasteiger partial charge in [0.15, 0.2) is 0 Å². The maximum Gasteiger partial charge on any atom is 0.322 e. The fourth-order valence-corrected chi connectivity index (χ4v) is 2.87. The number of carboxylic acids is 1. The van der Waals surface area contributed by atoms with E-state index in [9.17, 15) is 9.59 Å². The Morgan fingerprint density at radius 2 is 2.19 bits per heavy atom. The zero-order valence-corrected chi connectivity index (χ0v) is 16.0. The second-order valence-electron chi connectivity index (χ2n) is 6.66. The van der Waals surface area contributed by atoms with Crippen molar-refractivity contribution >= 4 is 17.7 Å². The van der Waals surface area contributed by atoms with Crippen LogP contribution >= 0.6 is 0 Å². The summed E-state index contributed by atoms with van der Waals surface area (Å²) in [4.78, 5) is 26.8. The third-order valence-corrected chi connectivity index (χ3v) is 4.23. The molecule has 0 radical (unpaired) electrons. The molecule has 0 saturated carbocycles. The molecule has 2 rings (SSSR count). The largest absolute Gasteiger partial charge is 0.491 e. The first-order valence-corrected chi connectivity index (χ1v) is 9.29. The molecular formula is C19H29N3O5. The highest BCUT2D eigenvalue weighted by Gasteiger charge is 2.26. The number of anilines is 1. The summed E-state index contributed by atoms with van der Waals surface area (Å²) >= 11 is 0. The van der Waals surface area contributed by atoms with E-state index in [4.69, 9.17) is 14.6 Å². The van der Waals surface area contributed by atoms with Gasteiger partial charge in [-0.1, -0.05) is 25.5 Å². The van der Waals surface area contributed by atoms with Gasteiger partial charge < -0.3 is 24.8 Å². The van der Waals surface area contributed by atoms with Crippen LogP contribution in [-0.2, 0) is 9.53 Å². The number of nitrogens with zero attached hydrogens (tertiary/aromatic N) is 2. The molecule has 2 N–H and O–H groups in total. The van der Waals surface area contributed by atoms with Crippen LogP contribution in [0.15, 0.2) is 24.3 Å². The van der Waals surface area contributed by atoms with Gasteiger partial charge in [-0.05, 0) is 25.6 Å². The summed E-state index contributed by atoms with van der Waals surface area (Å²) < 4.78 is 11.4. The van der Waals surface area contributed by atoms with Crippen molar-refractivity contribution in [1.29, 1.82) is 0 Å². The van der Waals surface area contributed by atoms with Crippen LogP contribution in [0.4, 0.5) is 10.5 Å². The zero-order valence-electron chi connectivity index (χ0n) is 16.0. The van der Waals surface area contributed by atoms with Crippen molar-refractivity contribution in [2.75, 3.05) is 51.8 Å². The standard InChI is InChI=1S/C19H29N3O5/c1-3-4-10-27-17-8-6-5-7-16(17)20-19(25)22-9-11-26-15(13-22)12-21(2)14-18(23)24/h5-8,15H,3-4,9-14H2,1-2H3,(H,20,25)(H,23,24). The molecule has 8 nitrogen and oxygen atoms in total. The molecule has 1 aromatic rings. The van der Waals surface area contributed by atoms with Gasteiger partial charge in [0.25, 0.3) is 0 Å². The van der Waals surface area contributed by atoms with Crippen LogP contribution in [0.1, 0.15) is 19.8 Å². The van der Waals surface area contributed by atoms with Crippen LogP contribution in [0, 0.1) is 0 Å². The predicted octanol–water partition coefficient (Wildman–Crippen LogP) is 2.11. The number of para-hydroxylation sites is 2. The van der Waals surface area contributed by atoms with Gasteiger partial charge in [0.05, 0.1) is 31.5 Å². The first-order chi connectivity index (χ1) is 13.0. The third-order valence-electron chi connectivity index (χ3n) is 4.23. The highest BCUT2D eigenvalue weighted by Crippen LogP contribution is 2.24. The minimum atomic E-state index is -0.886. The van der Waals surface area contributed by atoms with Crippen LogP contribution in [0.2, 0.25) is 0 Å². The molecule has 27 heavy (non-hydrogen) atoms. The van der Waals surface area contributed by atoms with Gasteiger partial charge in [-0.2, -0.15) is 0 Å². The van der Waals surface area contributed by atoms with Crippen LogP contribution in [0.5, 0.6) is 5.75 Å². The average Bonchev–Trinajstić information content (AvgIpc) is 2.62. The molecule has 1 fully saturated rings. The van der Waals surface area contributed by atoms with Crippen molar-refractivity contribution in [2.24, 2.45) is 0 Å². The highest BCUT2D eigenvalue weighted by molar-refractivity contribution is 5.91. The molecule has 0 spiro atoms. The number of carbonyl (C=O) groups excluding carboxylic acids is 1. The molecule has 1 saturated heterocycles. The number of ether oxygens (including phenoxy) is 2. The van der Waals surface area contributed by atoms with E-state index < -0.39 is 5.97 Å². The van der Waals surface area contributed by atoms with E-state index in [1.165, 1.54) is 0 Å². The number of unbranched alkanes of at least 4 members (excludes halogenated alkanes) is 1. The smallest absolute Gasteiger partial charge is 0.322 e. The molecule has 1 unspecified atom stereocenters. The van der Waals surface area contributed by atoms with E-state index in [1.807, 2.05) is 24.3 Å². The van der Waals surface area contributed by atoms with E-state index >= 15 is 0 Å². The van der Waals surface area contributed by atoms with E-state index in [0.29, 0.717) is 44.3 Å². The van der Waals surface area contributed by atoms with Crippen molar-refractivity contribution in [3.63, 3.8) is 0 Å². The Morgan fingerprint density at radius 1 is 1.41 bits per heavy atom.